The number of hydrogen-bond donors (Lipinski definition) is 2. The maximum absolute atomic E-state index is 12.1. The highest BCUT2D eigenvalue weighted by atomic mass is 35.5. The van der Waals surface area contributed by atoms with Gasteiger partial charge in [0, 0.05) is 5.54 Å². The van der Waals surface area contributed by atoms with Crippen LogP contribution in [0.3, 0.4) is 0 Å². The van der Waals surface area contributed by atoms with Crippen molar-refractivity contribution in [2.45, 2.75) is 38.1 Å². The van der Waals surface area contributed by atoms with Crippen molar-refractivity contribution >= 4 is 23.2 Å². The average molecular weight is 253 g/mol. The fraction of sp³-hybridized carbons (Fsp3) is 0.462. The van der Waals surface area contributed by atoms with Gasteiger partial charge in [-0.25, -0.2) is 0 Å². The van der Waals surface area contributed by atoms with Gasteiger partial charge in [0.05, 0.1) is 16.3 Å². The van der Waals surface area contributed by atoms with Crippen LogP contribution < -0.4 is 11.1 Å². The summed E-state index contributed by atoms with van der Waals surface area (Å²) in [6.07, 6.45) is 4.24. The largest absolute Gasteiger partial charge is 0.397 e. The highest BCUT2D eigenvalue weighted by molar-refractivity contribution is 6.33. The van der Waals surface area contributed by atoms with Crippen LogP contribution >= 0.6 is 11.6 Å². The van der Waals surface area contributed by atoms with E-state index in [1.165, 1.54) is 6.42 Å². The van der Waals surface area contributed by atoms with Crippen molar-refractivity contribution in [3.8, 4) is 0 Å². The van der Waals surface area contributed by atoms with Gasteiger partial charge >= 0.3 is 0 Å². The van der Waals surface area contributed by atoms with E-state index in [1.807, 2.05) is 0 Å². The zero-order valence-corrected chi connectivity index (χ0v) is 10.7. The number of rotatable bonds is 3. The lowest BCUT2D eigenvalue weighted by Crippen LogP contribution is -2.53. The Morgan fingerprint density at radius 2 is 2.24 bits per heavy atom. The van der Waals surface area contributed by atoms with Crippen LogP contribution in [0.1, 0.15) is 43.0 Å². The molecule has 1 aliphatic carbocycles. The van der Waals surface area contributed by atoms with Crippen molar-refractivity contribution in [1.29, 1.82) is 0 Å². The molecular formula is C13H17ClN2O. The third kappa shape index (κ3) is 2.25. The van der Waals surface area contributed by atoms with E-state index in [1.54, 1.807) is 18.2 Å². The van der Waals surface area contributed by atoms with Gasteiger partial charge in [0.25, 0.3) is 5.91 Å². The molecule has 1 aromatic carbocycles. The lowest BCUT2D eigenvalue weighted by atomic mass is 9.74. The molecule has 3 N–H and O–H groups in total. The van der Waals surface area contributed by atoms with Gasteiger partial charge < -0.3 is 11.1 Å². The van der Waals surface area contributed by atoms with Gasteiger partial charge in [0.1, 0.15) is 0 Å². The summed E-state index contributed by atoms with van der Waals surface area (Å²) in [5.41, 5.74) is 6.62. The lowest BCUT2D eigenvalue weighted by molar-refractivity contribution is 0.0821. The summed E-state index contributed by atoms with van der Waals surface area (Å²) in [6, 6.07) is 5.14. The number of carbonyl (C=O) groups is 1. The highest BCUT2D eigenvalue weighted by Crippen LogP contribution is 2.35. The predicted octanol–water partition coefficient (Wildman–Crippen LogP) is 2.98. The molecule has 1 fully saturated rings. The molecule has 1 saturated carbocycles. The summed E-state index contributed by atoms with van der Waals surface area (Å²) >= 11 is 5.91. The number of halogens is 1. The summed E-state index contributed by atoms with van der Waals surface area (Å²) in [5.74, 6) is -0.119. The quantitative estimate of drug-likeness (QED) is 0.813. The Kier molecular flexibility index (Phi) is 3.29. The smallest absolute Gasteiger partial charge is 0.253 e. The van der Waals surface area contributed by atoms with E-state index in [2.05, 4.69) is 12.2 Å². The minimum absolute atomic E-state index is 0.0220. The number of amides is 1. The van der Waals surface area contributed by atoms with E-state index in [4.69, 9.17) is 17.3 Å². The zero-order chi connectivity index (χ0) is 12.5. The van der Waals surface area contributed by atoms with Crippen LogP contribution in [-0.2, 0) is 0 Å². The zero-order valence-electron chi connectivity index (χ0n) is 9.92. The number of nitrogens with one attached hydrogen (secondary N) is 1. The van der Waals surface area contributed by atoms with E-state index in [-0.39, 0.29) is 11.4 Å². The Morgan fingerprint density at radius 1 is 1.53 bits per heavy atom. The third-order valence-corrected chi connectivity index (χ3v) is 3.99. The molecule has 17 heavy (non-hydrogen) atoms. The molecule has 2 rings (SSSR count). The number of nitrogens with two attached hydrogens (primary N) is 1. The van der Waals surface area contributed by atoms with Crippen molar-refractivity contribution in [3.05, 3.63) is 28.8 Å². The van der Waals surface area contributed by atoms with Gasteiger partial charge in [-0.05, 0) is 37.8 Å². The molecule has 0 aliphatic heterocycles. The fourth-order valence-electron chi connectivity index (χ4n) is 2.21. The van der Waals surface area contributed by atoms with Crippen LogP contribution in [0.25, 0.3) is 0 Å². The molecule has 3 nitrogen and oxygen atoms in total. The first kappa shape index (κ1) is 12.2. The normalized spacial score (nSPS) is 17.3. The van der Waals surface area contributed by atoms with Crippen molar-refractivity contribution in [2.75, 3.05) is 5.73 Å². The molecule has 1 amide bonds. The summed E-state index contributed by atoms with van der Waals surface area (Å²) < 4.78 is 0. The van der Waals surface area contributed by atoms with Crippen LogP contribution in [0.5, 0.6) is 0 Å². The summed E-state index contributed by atoms with van der Waals surface area (Å²) in [6.45, 7) is 2.10. The molecule has 0 saturated heterocycles. The van der Waals surface area contributed by atoms with Crippen molar-refractivity contribution in [3.63, 3.8) is 0 Å². The maximum atomic E-state index is 12.1. The van der Waals surface area contributed by atoms with Crippen LogP contribution in [0.4, 0.5) is 5.69 Å². The number of nitrogen functional groups attached to an aromatic ring is 1. The van der Waals surface area contributed by atoms with Crippen LogP contribution in [0, 0.1) is 0 Å². The number of hydrogen-bond acceptors (Lipinski definition) is 2. The summed E-state index contributed by atoms with van der Waals surface area (Å²) in [5, 5.41) is 3.51. The third-order valence-electron chi connectivity index (χ3n) is 3.66. The maximum Gasteiger partial charge on any atom is 0.253 e. The average Bonchev–Trinajstić information content (AvgIpc) is 2.27. The summed E-state index contributed by atoms with van der Waals surface area (Å²) in [7, 11) is 0. The Balaban J connectivity index is 2.17. The molecule has 0 spiro atoms. The molecule has 0 aromatic heterocycles. The molecule has 1 aromatic rings. The monoisotopic (exact) mass is 252 g/mol. The van der Waals surface area contributed by atoms with E-state index >= 15 is 0 Å². The van der Waals surface area contributed by atoms with E-state index in [0.717, 1.165) is 19.3 Å². The Hall–Kier alpha value is -1.22. The SMILES string of the molecule is CCC1(NC(=O)c2cccc(Cl)c2N)CCC1. The molecule has 0 radical (unpaired) electrons. The predicted molar refractivity (Wildman–Crippen MR) is 70.2 cm³/mol. The molecule has 0 unspecified atom stereocenters. The first-order valence-corrected chi connectivity index (χ1v) is 6.32. The number of benzene rings is 1. The number of carbonyl (C=O) groups excluding carboxylic acids is 1. The van der Waals surface area contributed by atoms with Gasteiger partial charge in [-0.1, -0.05) is 24.6 Å². The van der Waals surface area contributed by atoms with Crippen LogP contribution in [0.15, 0.2) is 18.2 Å². The van der Waals surface area contributed by atoms with E-state index < -0.39 is 0 Å². The lowest BCUT2D eigenvalue weighted by Gasteiger charge is -2.42. The first-order valence-electron chi connectivity index (χ1n) is 5.94. The molecule has 4 heteroatoms. The van der Waals surface area contributed by atoms with Crippen LogP contribution in [0.2, 0.25) is 5.02 Å². The molecule has 0 heterocycles. The molecule has 0 bridgehead atoms. The second kappa shape index (κ2) is 4.57. The fourth-order valence-corrected chi connectivity index (χ4v) is 2.39. The summed E-state index contributed by atoms with van der Waals surface area (Å²) in [4.78, 5) is 12.1. The minimum Gasteiger partial charge on any atom is -0.397 e. The Bertz CT molecular complexity index is 436. The van der Waals surface area contributed by atoms with Gasteiger partial charge in [-0.15, -0.1) is 0 Å². The van der Waals surface area contributed by atoms with Crippen molar-refractivity contribution in [2.24, 2.45) is 0 Å². The number of para-hydroxylation sites is 1. The van der Waals surface area contributed by atoms with Crippen LogP contribution in [-0.4, -0.2) is 11.4 Å². The second-order valence-electron chi connectivity index (χ2n) is 4.64. The van der Waals surface area contributed by atoms with Gasteiger partial charge in [-0.3, -0.25) is 4.79 Å². The van der Waals surface area contributed by atoms with Crippen molar-refractivity contribution in [1.82, 2.24) is 5.32 Å². The van der Waals surface area contributed by atoms with Gasteiger partial charge in [0.2, 0.25) is 0 Å². The highest BCUT2D eigenvalue weighted by Gasteiger charge is 2.36. The van der Waals surface area contributed by atoms with Crippen molar-refractivity contribution < 1.29 is 4.79 Å². The Morgan fingerprint density at radius 3 is 2.76 bits per heavy atom. The molecular weight excluding hydrogens is 236 g/mol. The topological polar surface area (TPSA) is 55.1 Å². The molecule has 92 valence electrons. The van der Waals surface area contributed by atoms with Gasteiger partial charge in [-0.2, -0.15) is 0 Å². The van der Waals surface area contributed by atoms with Gasteiger partial charge in [0.15, 0.2) is 0 Å². The standard InChI is InChI=1S/C13H17ClN2O/c1-2-13(7-4-8-13)16-12(17)9-5-3-6-10(14)11(9)15/h3,5-6H,2,4,7-8,15H2,1H3,(H,16,17). The number of anilines is 1. The van der Waals surface area contributed by atoms with E-state index in [0.29, 0.717) is 16.3 Å². The van der Waals surface area contributed by atoms with E-state index in [9.17, 15) is 4.79 Å². The minimum atomic E-state index is -0.119. The second-order valence-corrected chi connectivity index (χ2v) is 5.05. The Labute approximate surface area is 106 Å². The first-order chi connectivity index (χ1) is 8.08. The molecule has 0 atom stereocenters. The molecule has 1 aliphatic rings.